The van der Waals surface area contributed by atoms with Gasteiger partial charge in [-0.3, -0.25) is 4.98 Å². The van der Waals surface area contributed by atoms with Gasteiger partial charge >= 0.3 is 6.03 Å². The molecule has 1 aromatic carbocycles. The van der Waals surface area contributed by atoms with Crippen molar-refractivity contribution in [2.75, 3.05) is 5.32 Å². The number of amides is 2. The minimum absolute atomic E-state index is 0.252. The van der Waals surface area contributed by atoms with Crippen LogP contribution in [-0.2, 0) is 6.54 Å². The van der Waals surface area contributed by atoms with Gasteiger partial charge in [-0.2, -0.15) is 0 Å². The van der Waals surface area contributed by atoms with Crippen LogP contribution in [0, 0.1) is 6.92 Å². The second kappa shape index (κ2) is 6.74. The second-order valence-electron chi connectivity index (χ2n) is 5.01. The van der Waals surface area contributed by atoms with E-state index < -0.39 is 0 Å². The Balaban J connectivity index is 1.66. The third-order valence-corrected chi connectivity index (χ3v) is 3.22. The molecule has 0 aliphatic carbocycles. The summed E-state index contributed by atoms with van der Waals surface area (Å²) in [6.45, 7) is 2.22. The van der Waals surface area contributed by atoms with Crippen LogP contribution in [0.4, 0.5) is 10.5 Å². The minimum Gasteiger partial charge on any atom is -0.463 e. The highest BCUT2D eigenvalue weighted by atomic mass is 16.3. The first-order valence-electron chi connectivity index (χ1n) is 7.17. The Labute approximate surface area is 133 Å². The largest absolute Gasteiger partial charge is 0.463 e. The van der Waals surface area contributed by atoms with Crippen LogP contribution in [0.15, 0.2) is 59.5 Å². The molecule has 0 saturated carbocycles. The van der Waals surface area contributed by atoms with Crippen LogP contribution < -0.4 is 10.6 Å². The number of benzene rings is 1. The molecule has 3 aromatic rings. The Morgan fingerprint density at radius 2 is 2.04 bits per heavy atom. The quantitative estimate of drug-likeness (QED) is 0.774. The van der Waals surface area contributed by atoms with E-state index >= 15 is 0 Å². The van der Waals surface area contributed by atoms with Gasteiger partial charge in [0.25, 0.3) is 0 Å². The van der Waals surface area contributed by atoms with E-state index in [1.54, 1.807) is 30.8 Å². The molecule has 0 radical (unpaired) electrons. The van der Waals surface area contributed by atoms with Crippen molar-refractivity contribution >= 4 is 11.7 Å². The van der Waals surface area contributed by atoms with Crippen molar-refractivity contribution in [3.8, 4) is 11.5 Å². The number of urea groups is 1. The summed E-state index contributed by atoms with van der Waals surface area (Å²) in [5.41, 5.74) is 3.08. The standard InChI is InChI=1S/C17H16N4O2/c1-12-4-2-5-13(10-12)21-17(22)20-11-14-16(19-8-7-18-14)15-6-3-9-23-15/h2-10H,11H2,1H3,(H2,20,21,22). The van der Waals surface area contributed by atoms with Crippen molar-refractivity contribution in [3.05, 3.63) is 66.3 Å². The van der Waals surface area contributed by atoms with Gasteiger partial charge in [-0.25, -0.2) is 9.78 Å². The van der Waals surface area contributed by atoms with Gasteiger partial charge in [-0.1, -0.05) is 12.1 Å². The summed E-state index contributed by atoms with van der Waals surface area (Å²) >= 11 is 0. The van der Waals surface area contributed by atoms with E-state index in [-0.39, 0.29) is 12.6 Å². The summed E-state index contributed by atoms with van der Waals surface area (Å²) in [5.74, 6) is 0.619. The van der Waals surface area contributed by atoms with Crippen molar-refractivity contribution in [3.63, 3.8) is 0 Å². The fourth-order valence-corrected chi connectivity index (χ4v) is 2.18. The summed E-state index contributed by atoms with van der Waals surface area (Å²) < 4.78 is 5.35. The molecule has 23 heavy (non-hydrogen) atoms. The van der Waals surface area contributed by atoms with Gasteiger partial charge in [-0.15, -0.1) is 0 Å². The van der Waals surface area contributed by atoms with Crippen molar-refractivity contribution < 1.29 is 9.21 Å². The Morgan fingerprint density at radius 3 is 2.83 bits per heavy atom. The molecule has 2 amide bonds. The zero-order valence-corrected chi connectivity index (χ0v) is 12.6. The molecule has 0 saturated heterocycles. The molecular weight excluding hydrogens is 292 g/mol. The fourth-order valence-electron chi connectivity index (χ4n) is 2.18. The van der Waals surface area contributed by atoms with Gasteiger partial charge in [0.05, 0.1) is 18.5 Å². The third kappa shape index (κ3) is 3.74. The highest BCUT2D eigenvalue weighted by Gasteiger charge is 2.11. The molecule has 2 aromatic heterocycles. The molecule has 0 aliphatic rings. The van der Waals surface area contributed by atoms with E-state index in [2.05, 4.69) is 20.6 Å². The summed E-state index contributed by atoms with van der Waals surface area (Å²) in [6.07, 6.45) is 4.75. The first-order chi connectivity index (χ1) is 11.2. The summed E-state index contributed by atoms with van der Waals surface area (Å²) in [6, 6.07) is 10.9. The highest BCUT2D eigenvalue weighted by molar-refractivity contribution is 5.89. The van der Waals surface area contributed by atoms with E-state index in [4.69, 9.17) is 4.42 Å². The smallest absolute Gasteiger partial charge is 0.319 e. The Bertz CT molecular complexity index is 800. The van der Waals surface area contributed by atoms with Crippen LogP contribution in [0.5, 0.6) is 0 Å². The van der Waals surface area contributed by atoms with Gasteiger partial charge < -0.3 is 15.1 Å². The second-order valence-corrected chi connectivity index (χ2v) is 5.01. The average molecular weight is 308 g/mol. The lowest BCUT2D eigenvalue weighted by molar-refractivity contribution is 0.251. The molecule has 116 valence electrons. The molecule has 2 heterocycles. The van der Waals surface area contributed by atoms with Crippen LogP contribution >= 0.6 is 0 Å². The molecule has 0 bridgehead atoms. The number of nitrogens with zero attached hydrogens (tertiary/aromatic N) is 2. The molecule has 0 atom stereocenters. The molecule has 6 heteroatoms. The Hall–Kier alpha value is -3.15. The van der Waals surface area contributed by atoms with Crippen LogP contribution in [0.3, 0.4) is 0 Å². The first-order valence-corrected chi connectivity index (χ1v) is 7.17. The van der Waals surface area contributed by atoms with Gasteiger partial charge in [-0.05, 0) is 36.8 Å². The SMILES string of the molecule is Cc1cccc(NC(=O)NCc2nccnc2-c2ccco2)c1. The lowest BCUT2D eigenvalue weighted by Crippen LogP contribution is -2.28. The number of furan rings is 1. The number of nitrogens with one attached hydrogen (secondary N) is 2. The van der Waals surface area contributed by atoms with E-state index in [0.29, 0.717) is 17.1 Å². The lowest BCUT2D eigenvalue weighted by atomic mass is 10.2. The normalized spacial score (nSPS) is 10.3. The number of rotatable bonds is 4. The molecule has 0 aliphatic heterocycles. The van der Waals surface area contributed by atoms with Gasteiger partial charge in [0.15, 0.2) is 5.76 Å². The number of hydrogen-bond acceptors (Lipinski definition) is 4. The lowest BCUT2D eigenvalue weighted by Gasteiger charge is -2.09. The average Bonchev–Trinajstić information content (AvgIpc) is 3.07. The number of carbonyl (C=O) groups is 1. The van der Waals surface area contributed by atoms with Crippen LogP contribution in [-0.4, -0.2) is 16.0 Å². The van der Waals surface area contributed by atoms with Gasteiger partial charge in [0.2, 0.25) is 0 Å². The van der Waals surface area contributed by atoms with Crippen LogP contribution in [0.25, 0.3) is 11.5 Å². The summed E-state index contributed by atoms with van der Waals surface area (Å²) in [4.78, 5) is 20.5. The molecule has 0 unspecified atom stereocenters. The number of carbonyl (C=O) groups excluding carboxylic acids is 1. The highest BCUT2D eigenvalue weighted by Crippen LogP contribution is 2.19. The van der Waals surface area contributed by atoms with Crippen LogP contribution in [0.1, 0.15) is 11.3 Å². The Morgan fingerprint density at radius 1 is 1.17 bits per heavy atom. The fraction of sp³-hybridized carbons (Fsp3) is 0.118. The third-order valence-electron chi connectivity index (χ3n) is 3.22. The maximum atomic E-state index is 12.0. The number of anilines is 1. The zero-order valence-electron chi connectivity index (χ0n) is 12.6. The van der Waals surface area contributed by atoms with E-state index in [0.717, 1.165) is 11.3 Å². The predicted molar refractivity (Wildman–Crippen MR) is 86.8 cm³/mol. The predicted octanol–water partition coefficient (Wildman–Crippen LogP) is 3.37. The number of hydrogen-bond donors (Lipinski definition) is 2. The minimum atomic E-state index is -0.299. The van der Waals surface area contributed by atoms with E-state index in [1.165, 1.54) is 0 Å². The molecule has 0 fully saturated rings. The molecular formula is C17H16N4O2. The molecule has 3 rings (SSSR count). The topological polar surface area (TPSA) is 80.0 Å². The zero-order chi connectivity index (χ0) is 16.1. The van der Waals surface area contributed by atoms with Crippen molar-refractivity contribution in [2.45, 2.75) is 13.5 Å². The molecule has 2 N–H and O–H groups in total. The monoisotopic (exact) mass is 308 g/mol. The van der Waals surface area contributed by atoms with Gasteiger partial charge in [0.1, 0.15) is 5.69 Å². The van der Waals surface area contributed by atoms with Crippen LogP contribution in [0.2, 0.25) is 0 Å². The van der Waals surface area contributed by atoms with Gasteiger partial charge in [0, 0.05) is 18.1 Å². The molecule has 6 nitrogen and oxygen atoms in total. The van der Waals surface area contributed by atoms with Crippen molar-refractivity contribution in [2.24, 2.45) is 0 Å². The summed E-state index contributed by atoms with van der Waals surface area (Å²) in [5, 5.41) is 5.56. The summed E-state index contributed by atoms with van der Waals surface area (Å²) in [7, 11) is 0. The van der Waals surface area contributed by atoms with E-state index in [9.17, 15) is 4.79 Å². The van der Waals surface area contributed by atoms with Crippen molar-refractivity contribution in [1.82, 2.24) is 15.3 Å². The Kier molecular flexibility index (Phi) is 4.33. The molecule has 0 spiro atoms. The maximum absolute atomic E-state index is 12.0. The van der Waals surface area contributed by atoms with Crippen molar-refractivity contribution in [1.29, 1.82) is 0 Å². The number of aromatic nitrogens is 2. The first kappa shape index (κ1) is 14.8. The maximum Gasteiger partial charge on any atom is 0.319 e. The van der Waals surface area contributed by atoms with E-state index in [1.807, 2.05) is 31.2 Å². The number of aryl methyl sites for hydroxylation is 1.